The minimum absolute atomic E-state index is 0. The van der Waals surface area contributed by atoms with Crippen LogP contribution in [0.2, 0.25) is 0 Å². The molecule has 0 amide bonds. The number of nitrogens with zero attached hydrogens (tertiary/aromatic N) is 1. The van der Waals surface area contributed by atoms with Crippen LogP contribution in [0.5, 0.6) is 0 Å². The van der Waals surface area contributed by atoms with Gasteiger partial charge in [-0.3, -0.25) is 0 Å². The van der Waals surface area contributed by atoms with Gasteiger partial charge in [0.1, 0.15) is 0 Å². The number of anilines is 2. The standard InChI is InChI=1S/C15H17N.2CH4/c1-12-6-4-8-14(10-12)16(3)15-9-5-7-13(2)11-15;;/h4-11H,1-3H3;2*1H4. The molecule has 0 N–H and O–H groups in total. The lowest BCUT2D eigenvalue weighted by Crippen LogP contribution is -2.09. The van der Waals surface area contributed by atoms with Gasteiger partial charge < -0.3 is 4.90 Å². The van der Waals surface area contributed by atoms with Crippen LogP contribution in [0, 0.1) is 13.8 Å². The molecule has 1 heteroatoms. The molecule has 0 saturated carbocycles. The van der Waals surface area contributed by atoms with Crippen molar-refractivity contribution in [2.24, 2.45) is 0 Å². The van der Waals surface area contributed by atoms with E-state index in [2.05, 4.69) is 74.3 Å². The van der Waals surface area contributed by atoms with Crippen molar-refractivity contribution in [3.63, 3.8) is 0 Å². The monoisotopic (exact) mass is 243 g/mol. The van der Waals surface area contributed by atoms with Crippen LogP contribution in [0.15, 0.2) is 48.5 Å². The van der Waals surface area contributed by atoms with Gasteiger partial charge in [-0.25, -0.2) is 0 Å². The van der Waals surface area contributed by atoms with Crippen LogP contribution < -0.4 is 4.90 Å². The summed E-state index contributed by atoms with van der Waals surface area (Å²) in [4.78, 5) is 2.21. The molecule has 2 aromatic rings. The first-order valence-corrected chi connectivity index (χ1v) is 5.54. The Morgan fingerprint density at radius 3 is 1.44 bits per heavy atom. The van der Waals surface area contributed by atoms with Gasteiger partial charge in [0.2, 0.25) is 0 Å². The quantitative estimate of drug-likeness (QED) is 0.688. The average Bonchev–Trinajstić information content (AvgIpc) is 2.28. The first kappa shape index (κ1) is 16.2. The van der Waals surface area contributed by atoms with Crippen molar-refractivity contribution in [3.05, 3.63) is 59.7 Å². The van der Waals surface area contributed by atoms with Crippen LogP contribution in [0.1, 0.15) is 26.0 Å². The summed E-state index contributed by atoms with van der Waals surface area (Å²) in [7, 11) is 2.10. The Hall–Kier alpha value is -1.76. The molecule has 0 fully saturated rings. The fourth-order valence-electron chi connectivity index (χ4n) is 1.82. The van der Waals surface area contributed by atoms with Crippen molar-refractivity contribution in [3.8, 4) is 0 Å². The third kappa shape index (κ3) is 3.63. The summed E-state index contributed by atoms with van der Waals surface area (Å²) in [6, 6.07) is 17.1. The predicted molar refractivity (Wildman–Crippen MR) is 83.9 cm³/mol. The molecular weight excluding hydrogens is 218 g/mol. The fourth-order valence-corrected chi connectivity index (χ4v) is 1.82. The highest BCUT2D eigenvalue weighted by molar-refractivity contribution is 5.63. The van der Waals surface area contributed by atoms with Crippen molar-refractivity contribution in [1.82, 2.24) is 0 Å². The van der Waals surface area contributed by atoms with E-state index < -0.39 is 0 Å². The maximum absolute atomic E-state index is 2.21. The summed E-state index contributed by atoms with van der Waals surface area (Å²) in [6.45, 7) is 4.24. The Balaban J connectivity index is 0.00000144. The van der Waals surface area contributed by atoms with Crippen LogP contribution in [-0.4, -0.2) is 7.05 Å². The van der Waals surface area contributed by atoms with E-state index in [0.717, 1.165) is 0 Å². The van der Waals surface area contributed by atoms with Crippen LogP contribution in [0.3, 0.4) is 0 Å². The van der Waals surface area contributed by atoms with E-state index in [4.69, 9.17) is 0 Å². The zero-order chi connectivity index (χ0) is 11.5. The van der Waals surface area contributed by atoms with Crippen molar-refractivity contribution >= 4 is 11.4 Å². The SMILES string of the molecule is C.C.Cc1cccc(N(C)c2cccc(C)c2)c1. The van der Waals surface area contributed by atoms with E-state index in [9.17, 15) is 0 Å². The molecule has 0 aliphatic heterocycles. The van der Waals surface area contributed by atoms with Gasteiger partial charge in [0, 0.05) is 18.4 Å². The lowest BCUT2D eigenvalue weighted by Gasteiger charge is -2.20. The van der Waals surface area contributed by atoms with Crippen LogP contribution >= 0.6 is 0 Å². The number of benzene rings is 2. The Morgan fingerprint density at radius 1 is 0.722 bits per heavy atom. The molecule has 0 aromatic heterocycles. The molecule has 0 heterocycles. The fraction of sp³-hybridized carbons (Fsp3) is 0.294. The minimum Gasteiger partial charge on any atom is -0.345 e. The summed E-state index contributed by atoms with van der Waals surface area (Å²) in [6.07, 6.45) is 0. The number of rotatable bonds is 2. The smallest absolute Gasteiger partial charge is 0.0410 e. The second kappa shape index (κ2) is 6.85. The summed E-state index contributed by atoms with van der Waals surface area (Å²) >= 11 is 0. The van der Waals surface area contributed by atoms with Gasteiger partial charge in [-0.2, -0.15) is 0 Å². The van der Waals surface area contributed by atoms with Gasteiger partial charge in [0.25, 0.3) is 0 Å². The zero-order valence-electron chi connectivity index (χ0n) is 10.1. The Labute approximate surface area is 112 Å². The number of hydrogen-bond donors (Lipinski definition) is 0. The normalized spacial score (nSPS) is 9.06. The van der Waals surface area contributed by atoms with Crippen LogP contribution in [0.4, 0.5) is 11.4 Å². The van der Waals surface area contributed by atoms with Gasteiger partial charge in [0.05, 0.1) is 0 Å². The first-order chi connectivity index (χ1) is 7.66. The average molecular weight is 243 g/mol. The molecule has 98 valence electrons. The van der Waals surface area contributed by atoms with Crippen LogP contribution in [-0.2, 0) is 0 Å². The van der Waals surface area contributed by atoms with Crippen molar-refractivity contribution in [2.45, 2.75) is 28.7 Å². The van der Waals surface area contributed by atoms with Gasteiger partial charge in [-0.15, -0.1) is 0 Å². The molecule has 0 spiro atoms. The van der Waals surface area contributed by atoms with Crippen molar-refractivity contribution in [2.75, 3.05) is 11.9 Å². The molecule has 0 aliphatic carbocycles. The Kier molecular flexibility index (Phi) is 6.18. The molecule has 0 radical (unpaired) electrons. The third-order valence-electron chi connectivity index (χ3n) is 2.78. The molecular formula is C17H25N. The molecule has 0 bridgehead atoms. The van der Waals surface area contributed by atoms with Gasteiger partial charge in [0.15, 0.2) is 0 Å². The van der Waals surface area contributed by atoms with Gasteiger partial charge in [-0.05, 0) is 49.2 Å². The summed E-state index contributed by atoms with van der Waals surface area (Å²) < 4.78 is 0. The highest BCUT2D eigenvalue weighted by Crippen LogP contribution is 2.24. The highest BCUT2D eigenvalue weighted by atomic mass is 15.1. The van der Waals surface area contributed by atoms with Crippen molar-refractivity contribution < 1.29 is 0 Å². The van der Waals surface area contributed by atoms with E-state index in [1.807, 2.05) is 0 Å². The lowest BCUT2D eigenvalue weighted by atomic mass is 10.1. The van der Waals surface area contributed by atoms with E-state index >= 15 is 0 Å². The Bertz CT molecular complexity index is 443. The molecule has 0 atom stereocenters. The minimum atomic E-state index is 0. The third-order valence-corrected chi connectivity index (χ3v) is 2.78. The van der Waals surface area contributed by atoms with Gasteiger partial charge >= 0.3 is 0 Å². The number of aryl methyl sites for hydroxylation is 2. The molecule has 0 aliphatic rings. The molecule has 2 aromatic carbocycles. The van der Waals surface area contributed by atoms with Gasteiger partial charge in [-0.1, -0.05) is 39.1 Å². The summed E-state index contributed by atoms with van der Waals surface area (Å²) in [5.41, 5.74) is 5.03. The zero-order valence-corrected chi connectivity index (χ0v) is 10.1. The summed E-state index contributed by atoms with van der Waals surface area (Å²) in [5.74, 6) is 0. The maximum Gasteiger partial charge on any atom is 0.0410 e. The molecule has 0 unspecified atom stereocenters. The largest absolute Gasteiger partial charge is 0.345 e. The molecule has 1 nitrogen and oxygen atoms in total. The topological polar surface area (TPSA) is 3.24 Å². The summed E-state index contributed by atoms with van der Waals surface area (Å²) in [5, 5.41) is 0. The lowest BCUT2D eigenvalue weighted by molar-refractivity contribution is 1.19. The predicted octanol–water partition coefficient (Wildman–Crippen LogP) is 5.34. The maximum atomic E-state index is 2.21. The van der Waals surface area contributed by atoms with E-state index in [1.54, 1.807) is 0 Å². The highest BCUT2D eigenvalue weighted by Gasteiger charge is 2.03. The molecule has 2 rings (SSSR count). The molecule has 0 saturated heterocycles. The molecule has 18 heavy (non-hydrogen) atoms. The van der Waals surface area contributed by atoms with E-state index in [1.165, 1.54) is 22.5 Å². The number of hydrogen-bond acceptors (Lipinski definition) is 1. The van der Waals surface area contributed by atoms with E-state index in [-0.39, 0.29) is 14.9 Å². The second-order valence-corrected chi connectivity index (χ2v) is 4.24. The van der Waals surface area contributed by atoms with E-state index in [0.29, 0.717) is 0 Å². The Morgan fingerprint density at radius 2 is 1.11 bits per heavy atom. The van der Waals surface area contributed by atoms with Crippen molar-refractivity contribution in [1.29, 1.82) is 0 Å². The first-order valence-electron chi connectivity index (χ1n) is 5.54. The van der Waals surface area contributed by atoms with Crippen LogP contribution in [0.25, 0.3) is 0 Å². The second-order valence-electron chi connectivity index (χ2n) is 4.24.